The molecule has 1 aliphatic carbocycles. The summed E-state index contributed by atoms with van der Waals surface area (Å²) in [5.41, 5.74) is 19.1. The molecule has 4 nitrogen and oxygen atoms in total. The van der Waals surface area contributed by atoms with Crippen molar-refractivity contribution in [3.8, 4) is 44.5 Å². The maximum Gasteiger partial charge on any atom is 0.137 e. The van der Waals surface area contributed by atoms with E-state index >= 15 is 0 Å². The lowest BCUT2D eigenvalue weighted by Crippen LogP contribution is -2.31. The molecule has 12 rings (SSSR count). The number of imidazole rings is 1. The molecule has 0 radical (unpaired) electrons. The van der Waals surface area contributed by atoms with Gasteiger partial charge in [0, 0.05) is 51.4 Å². The van der Waals surface area contributed by atoms with E-state index < -0.39 is 0 Å². The predicted octanol–water partition coefficient (Wildman–Crippen LogP) is 15.4. The van der Waals surface area contributed by atoms with Crippen molar-refractivity contribution in [2.24, 2.45) is 0 Å². The van der Waals surface area contributed by atoms with E-state index in [1.165, 1.54) is 43.8 Å². The minimum atomic E-state index is 0.930. The Bertz CT molecular complexity index is 3620. The molecule has 4 heteroatoms. The topological polar surface area (TPSA) is 23.8 Å². The van der Waals surface area contributed by atoms with Gasteiger partial charge in [-0.1, -0.05) is 164 Å². The lowest BCUT2D eigenvalue weighted by Gasteiger charge is -2.26. The summed E-state index contributed by atoms with van der Waals surface area (Å²) in [6.45, 7) is 0. The Hall–Kier alpha value is -8.73. The molecule has 1 aliphatic rings. The maximum atomic E-state index is 5.44. The van der Waals surface area contributed by atoms with Crippen molar-refractivity contribution in [1.29, 1.82) is 0 Å². The number of pyridine rings is 1. The van der Waals surface area contributed by atoms with Crippen molar-refractivity contribution >= 4 is 63.0 Å². The van der Waals surface area contributed by atoms with E-state index in [4.69, 9.17) is 4.98 Å². The quantitative estimate of drug-likeness (QED) is 0.137. The van der Waals surface area contributed by atoms with Crippen LogP contribution < -0.4 is 20.2 Å². The highest BCUT2D eigenvalue weighted by Gasteiger charge is 2.22. The number of hydrogen-bond donors (Lipinski definition) is 0. The maximum absolute atomic E-state index is 5.44. The molecule has 0 saturated carbocycles. The minimum Gasteiger partial charge on any atom is -0.311 e. The van der Waals surface area contributed by atoms with Crippen molar-refractivity contribution < 1.29 is 0 Å². The van der Waals surface area contributed by atoms with Crippen LogP contribution in [0.1, 0.15) is 12.8 Å². The first-order valence-electron chi connectivity index (χ1n) is 23.1. The van der Waals surface area contributed by atoms with Crippen LogP contribution in [0.3, 0.4) is 0 Å². The molecule has 318 valence electrons. The summed E-state index contributed by atoms with van der Waals surface area (Å²) in [5.74, 6) is 0. The molecule has 0 aliphatic heterocycles. The van der Waals surface area contributed by atoms with E-state index in [2.05, 4.69) is 269 Å². The van der Waals surface area contributed by atoms with Crippen molar-refractivity contribution in [3.63, 3.8) is 0 Å². The summed E-state index contributed by atoms with van der Waals surface area (Å²) in [5, 5.41) is 2.51. The average molecular weight is 859 g/mol. The first kappa shape index (κ1) is 39.8. The third kappa shape index (κ3) is 7.45. The Morgan fingerprint density at radius 3 is 1.10 bits per heavy atom. The molecule has 0 spiro atoms. The summed E-state index contributed by atoms with van der Waals surface area (Å²) in [4.78, 5) is 10.1. The molecule has 2 aromatic heterocycles. The molecule has 0 bridgehead atoms. The molecule has 0 amide bonds. The number of para-hydroxylation sites is 2. The van der Waals surface area contributed by atoms with Gasteiger partial charge in [0.05, 0.1) is 11.0 Å². The van der Waals surface area contributed by atoms with Gasteiger partial charge in [0.1, 0.15) is 5.65 Å². The van der Waals surface area contributed by atoms with Gasteiger partial charge in [0.2, 0.25) is 0 Å². The van der Waals surface area contributed by atoms with Gasteiger partial charge >= 0.3 is 0 Å². The molecule has 0 N–H and O–H groups in total. The number of fused-ring (bicyclic) bond motifs is 4. The first-order chi connectivity index (χ1) is 33.2. The number of rotatable bonds is 10. The molecular formula is C63H46N4. The van der Waals surface area contributed by atoms with Crippen molar-refractivity contribution in [1.82, 2.24) is 9.38 Å². The normalized spacial score (nSPS) is 12.0. The van der Waals surface area contributed by atoms with Crippen molar-refractivity contribution in [2.75, 3.05) is 9.80 Å². The molecule has 11 aromatic rings. The van der Waals surface area contributed by atoms with Crippen LogP contribution in [0.4, 0.5) is 34.1 Å². The zero-order valence-corrected chi connectivity index (χ0v) is 37.0. The van der Waals surface area contributed by atoms with E-state index in [1.54, 1.807) is 0 Å². The third-order valence-electron chi connectivity index (χ3n) is 13.0. The minimum absolute atomic E-state index is 0.930. The van der Waals surface area contributed by atoms with Crippen LogP contribution >= 0.6 is 0 Å². The number of hydrogen-bond acceptors (Lipinski definition) is 3. The van der Waals surface area contributed by atoms with Gasteiger partial charge in [-0.25, -0.2) is 4.98 Å². The van der Waals surface area contributed by atoms with E-state index in [9.17, 15) is 0 Å². The summed E-state index contributed by atoms with van der Waals surface area (Å²) in [7, 11) is 0. The monoisotopic (exact) mass is 858 g/mol. The highest BCUT2D eigenvalue weighted by Crippen LogP contribution is 2.40. The molecule has 9 aromatic carbocycles. The lowest BCUT2D eigenvalue weighted by atomic mass is 9.90. The van der Waals surface area contributed by atoms with Crippen LogP contribution in [0.15, 0.2) is 243 Å². The molecule has 0 unspecified atom stereocenters. The van der Waals surface area contributed by atoms with Crippen LogP contribution in [0.25, 0.3) is 73.3 Å². The fraction of sp³-hybridized carbons (Fsp3) is 0.0317. The summed E-state index contributed by atoms with van der Waals surface area (Å²) in [6.07, 6.45) is 8.99. The fourth-order valence-corrected chi connectivity index (χ4v) is 9.87. The van der Waals surface area contributed by atoms with E-state index in [-0.39, 0.29) is 0 Å². The summed E-state index contributed by atoms with van der Waals surface area (Å²) < 4.78 is 2.28. The van der Waals surface area contributed by atoms with Gasteiger partial charge < -0.3 is 9.80 Å². The lowest BCUT2D eigenvalue weighted by molar-refractivity contribution is 1.12. The van der Waals surface area contributed by atoms with Gasteiger partial charge in [0.25, 0.3) is 0 Å². The Kier molecular flexibility index (Phi) is 10.3. The smallest absolute Gasteiger partial charge is 0.137 e. The van der Waals surface area contributed by atoms with Crippen LogP contribution in [0, 0.1) is 0 Å². The second-order valence-electron chi connectivity index (χ2n) is 17.1. The van der Waals surface area contributed by atoms with Gasteiger partial charge in [-0.05, 0) is 142 Å². The van der Waals surface area contributed by atoms with Crippen molar-refractivity contribution in [3.05, 3.63) is 253 Å². The average Bonchev–Trinajstić information content (AvgIpc) is 3.79. The SMILES string of the molecule is C1=c2c(-c3ccc(N(c4ccccc4)c4ccc(-c5ccccc5)cc4)cc3)c3nc4ccccn4c3c(-c3ccc(N(c4ccccc4)c4ccc(-c5ccccc5)cc4)cc3)c2=CCC1. The van der Waals surface area contributed by atoms with Crippen LogP contribution in [-0.2, 0) is 0 Å². The third-order valence-corrected chi connectivity index (χ3v) is 13.0. The molecule has 2 heterocycles. The molecular weight excluding hydrogens is 813 g/mol. The first-order valence-corrected chi connectivity index (χ1v) is 23.1. The van der Waals surface area contributed by atoms with E-state index in [0.29, 0.717) is 0 Å². The highest BCUT2D eigenvalue weighted by atomic mass is 15.1. The van der Waals surface area contributed by atoms with Gasteiger partial charge in [-0.15, -0.1) is 0 Å². The molecule has 0 fully saturated rings. The Labute approximate surface area is 391 Å². The number of aromatic nitrogens is 2. The van der Waals surface area contributed by atoms with Crippen LogP contribution in [0.5, 0.6) is 0 Å². The van der Waals surface area contributed by atoms with E-state index in [1.807, 2.05) is 0 Å². The Morgan fingerprint density at radius 1 is 0.313 bits per heavy atom. The van der Waals surface area contributed by atoms with Gasteiger partial charge in [-0.3, -0.25) is 4.40 Å². The van der Waals surface area contributed by atoms with Gasteiger partial charge in [-0.2, -0.15) is 0 Å². The molecule has 67 heavy (non-hydrogen) atoms. The van der Waals surface area contributed by atoms with E-state index in [0.717, 1.165) is 74.8 Å². The summed E-state index contributed by atoms with van der Waals surface area (Å²) >= 11 is 0. The molecule has 0 saturated heterocycles. The Morgan fingerprint density at radius 2 is 0.657 bits per heavy atom. The number of anilines is 6. The number of benzene rings is 9. The van der Waals surface area contributed by atoms with Crippen LogP contribution in [-0.4, -0.2) is 9.38 Å². The zero-order valence-electron chi connectivity index (χ0n) is 37.0. The van der Waals surface area contributed by atoms with Crippen LogP contribution in [0.2, 0.25) is 0 Å². The van der Waals surface area contributed by atoms with Crippen molar-refractivity contribution in [2.45, 2.75) is 12.8 Å². The Balaban J connectivity index is 0.964. The highest BCUT2D eigenvalue weighted by molar-refractivity contribution is 6.04. The second kappa shape index (κ2) is 17.3. The fourth-order valence-electron chi connectivity index (χ4n) is 9.87. The largest absolute Gasteiger partial charge is 0.311 e. The summed E-state index contributed by atoms with van der Waals surface area (Å²) in [6, 6.07) is 84.6. The predicted molar refractivity (Wildman–Crippen MR) is 281 cm³/mol. The second-order valence-corrected chi connectivity index (χ2v) is 17.1. The standard InChI is InChI=1S/C63H46N4/c1-5-17-45(18-6-1)47-28-36-53(37-29-47)66(51-21-9-3-10-22-51)55-40-32-49(33-41-55)60-57-25-13-14-26-58(57)61(63-62(60)64-59-27-15-16-44-65(59)63)50-34-42-56(43-35-50)67(52-23-11-4-12-24-52)54-38-30-48(31-39-54)46-19-7-2-8-20-46/h1-12,15-44H,13-14H2. The number of nitrogens with zero attached hydrogens (tertiary/aromatic N) is 4. The zero-order chi connectivity index (χ0) is 44.5. The van der Waals surface area contributed by atoms with Gasteiger partial charge in [0.15, 0.2) is 0 Å². The molecule has 0 atom stereocenters.